The second-order valence-electron chi connectivity index (χ2n) is 4.41. The van der Waals surface area contributed by atoms with Gasteiger partial charge in [-0.05, 0) is 25.0 Å². The maximum atomic E-state index is 12.2. The van der Waals surface area contributed by atoms with Gasteiger partial charge in [0.05, 0.1) is 21.3 Å². The van der Waals surface area contributed by atoms with Gasteiger partial charge in [0.2, 0.25) is 5.75 Å². The first-order valence-electron chi connectivity index (χ1n) is 6.05. The Balaban J connectivity index is 2.39. The van der Waals surface area contributed by atoms with Crippen molar-refractivity contribution >= 4 is 5.78 Å². The number of benzene rings is 1. The normalized spacial score (nSPS) is 14.8. The van der Waals surface area contributed by atoms with Gasteiger partial charge in [-0.2, -0.15) is 0 Å². The van der Waals surface area contributed by atoms with Crippen molar-refractivity contribution in [2.24, 2.45) is 5.92 Å². The zero-order valence-electron chi connectivity index (χ0n) is 11.0. The van der Waals surface area contributed by atoms with Gasteiger partial charge in [-0.3, -0.25) is 4.79 Å². The summed E-state index contributed by atoms with van der Waals surface area (Å²) in [6, 6.07) is 3.45. The molecule has 1 aromatic rings. The molecule has 0 heterocycles. The summed E-state index contributed by atoms with van der Waals surface area (Å²) >= 11 is 0. The molecule has 0 bridgehead atoms. The summed E-state index contributed by atoms with van der Waals surface area (Å²) in [4.78, 5) is 12.2. The molecule has 0 unspecified atom stereocenters. The predicted molar refractivity (Wildman–Crippen MR) is 67.8 cm³/mol. The molecule has 0 aliphatic heterocycles. The molecule has 1 saturated carbocycles. The number of carbonyl (C=O) groups is 1. The van der Waals surface area contributed by atoms with Crippen LogP contribution in [0.2, 0.25) is 0 Å². The van der Waals surface area contributed by atoms with E-state index in [2.05, 4.69) is 0 Å². The van der Waals surface area contributed by atoms with Crippen LogP contribution in [0.3, 0.4) is 0 Å². The highest BCUT2D eigenvalue weighted by Crippen LogP contribution is 2.40. The molecule has 0 N–H and O–H groups in total. The van der Waals surface area contributed by atoms with E-state index in [9.17, 15) is 4.79 Å². The molecular formula is C14H18O4. The van der Waals surface area contributed by atoms with E-state index in [-0.39, 0.29) is 11.7 Å². The van der Waals surface area contributed by atoms with Crippen LogP contribution in [0, 0.1) is 5.92 Å². The van der Waals surface area contributed by atoms with E-state index < -0.39 is 0 Å². The molecular weight excluding hydrogens is 232 g/mol. The summed E-state index contributed by atoms with van der Waals surface area (Å²) in [6.45, 7) is 0. The molecule has 98 valence electrons. The zero-order valence-corrected chi connectivity index (χ0v) is 11.0. The highest BCUT2D eigenvalue weighted by atomic mass is 16.5. The van der Waals surface area contributed by atoms with E-state index in [1.165, 1.54) is 0 Å². The third-order valence-electron chi connectivity index (χ3n) is 3.43. The summed E-state index contributed by atoms with van der Waals surface area (Å²) in [7, 11) is 4.65. The van der Waals surface area contributed by atoms with Crippen molar-refractivity contribution in [3.63, 3.8) is 0 Å². The molecule has 1 aliphatic carbocycles. The lowest BCUT2D eigenvalue weighted by Crippen LogP contribution is -2.22. The van der Waals surface area contributed by atoms with Gasteiger partial charge in [0.1, 0.15) is 0 Å². The van der Waals surface area contributed by atoms with Crippen LogP contribution in [0.25, 0.3) is 0 Å². The highest BCUT2D eigenvalue weighted by Gasteiger charge is 2.28. The minimum absolute atomic E-state index is 0.160. The Morgan fingerprint density at radius 2 is 1.61 bits per heavy atom. The first-order chi connectivity index (χ1) is 8.71. The maximum absolute atomic E-state index is 12.2. The monoisotopic (exact) mass is 250 g/mol. The zero-order chi connectivity index (χ0) is 13.1. The number of methoxy groups -OCH3 is 3. The molecule has 0 atom stereocenters. The van der Waals surface area contributed by atoms with Gasteiger partial charge in [-0.1, -0.05) is 6.42 Å². The summed E-state index contributed by atoms with van der Waals surface area (Å²) in [5.74, 6) is 1.90. The van der Waals surface area contributed by atoms with Gasteiger partial charge in [0.15, 0.2) is 17.3 Å². The first kappa shape index (κ1) is 12.7. The van der Waals surface area contributed by atoms with Crippen molar-refractivity contribution < 1.29 is 19.0 Å². The molecule has 0 saturated heterocycles. The summed E-state index contributed by atoms with van der Waals surface area (Å²) in [5, 5.41) is 0. The van der Waals surface area contributed by atoms with Crippen LogP contribution in [0.4, 0.5) is 0 Å². The number of Topliss-reactive ketones (excluding diaryl/α,β-unsaturated/α-hetero) is 1. The van der Waals surface area contributed by atoms with Gasteiger partial charge in [0, 0.05) is 11.5 Å². The van der Waals surface area contributed by atoms with Crippen molar-refractivity contribution in [1.29, 1.82) is 0 Å². The van der Waals surface area contributed by atoms with Gasteiger partial charge < -0.3 is 14.2 Å². The Morgan fingerprint density at radius 1 is 1.06 bits per heavy atom. The molecule has 1 aromatic carbocycles. The summed E-state index contributed by atoms with van der Waals surface area (Å²) < 4.78 is 15.7. The van der Waals surface area contributed by atoms with Crippen molar-refractivity contribution in [1.82, 2.24) is 0 Å². The van der Waals surface area contributed by atoms with Gasteiger partial charge in [0.25, 0.3) is 0 Å². The fourth-order valence-electron chi connectivity index (χ4n) is 2.13. The van der Waals surface area contributed by atoms with Gasteiger partial charge >= 0.3 is 0 Å². The Kier molecular flexibility index (Phi) is 3.75. The second-order valence-corrected chi connectivity index (χ2v) is 4.41. The average molecular weight is 250 g/mol. The summed E-state index contributed by atoms with van der Waals surface area (Å²) in [6.07, 6.45) is 3.10. The van der Waals surface area contributed by atoms with Crippen molar-refractivity contribution in [3.8, 4) is 17.2 Å². The highest BCUT2D eigenvalue weighted by molar-refractivity contribution is 5.99. The number of ether oxygens (including phenoxy) is 3. The average Bonchev–Trinajstić information content (AvgIpc) is 2.34. The molecule has 4 nitrogen and oxygen atoms in total. The Labute approximate surface area is 107 Å². The van der Waals surface area contributed by atoms with E-state index in [0.717, 1.165) is 19.3 Å². The van der Waals surface area contributed by atoms with E-state index in [4.69, 9.17) is 14.2 Å². The lowest BCUT2D eigenvalue weighted by atomic mass is 9.80. The van der Waals surface area contributed by atoms with Crippen LogP contribution in [-0.2, 0) is 0 Å². The standard InChI is InChI=1S/C14H18O4/c1-16-11-7-10(13(15)9-5-4-6-9)8-12(17-2)14(11)18-3/h7-9H,4-6H2,1-3H3. The Bertz CT molecular complexity index is 424. The second kappa shape index (κ2) is 5.29. The molecule has 1 aliphatic rings. The van der Waals surface area contributed by atoms with E-state index in [0.29, 0.717) is 22.8 Å². The number of hydrogen-bond donors (Lipinski definition) is 0. The topological polar surface area (TPSA) is 44.8 Å². The number of hydrogen-bond acceptors (Lipinski definition) is 4. The minimum Gasteiger partial charge on any atom is -0.493 e. The van der Waals surface area contributed by atoms with Crippen molar-refractivity contribution in [3.05, 3.63) is 17.7 Å². The molecule has 0 amide bonds. The van der Waals surface area contributed by atoms with Gasteiger partial charge in [-0.15, -0.1) is 0 Å². The Hall–Kier alpha value is -1.71. The van der Waals surface area contributed by atoms with Crippen LogP contribution in [-0.4, -0.2) is 27.1 Å². The third-order valence-corrected chi connectivity index (χ3v) is 3.43. The van der Waals surface area contributed by atoms with Gasteiger partial charge in [-0.25, -0.2) is 0 Å². The largest absolute Gasteiger partial charge is 0.493 e. The fraction of sp³-hybridized carbons (Fsp3) is 0.500. The van der Waals surface area contributed by atoms with Crippen LogP contribution in [0.5, 0.6) is 17.2 Å². The van der Waals surface area contributed by atoms with Crippen molar-refractivity contribution in [2.45, 2.75) is 19.3 Å². The predicted octanol–water partition coefficient (Wildman–Crippen LogP) is 2.70. The van der Waals surface area contributed by atoms with Crippen molar-refractivity contribution in [2.75, 3.05) is 21.3 Å². The fourth-order valence-corrected chi connectivity index (χ4v) is 2.13. The smallest absolute Gasteiger partial charge is 0.203 e. The van der Waals surface area contributed by atoms with E-state index in [1.54, 1.807) is 33.5 Å². The number of ketones is 1. The number of carbonyl (C=O) groups excluding carboxylic acids is 1. The quantitative estimate of drug-likeness (QED) is 0.754. The first-order valence-corrected chi connectivity index (χ1v) is 6.05. The van der Waals surface area contributed by atoms with Crippen LogP contribution >= 0.6 is 0 Å². The molecule has 0 aromatic heterocycles. The molecule has 4 heteroatoms. The molecule has 2 rings (SSSR count). The lowest BCUT2D eigenvalue weighted by molar-refractivity contribution is 0.0854. The maximum Gasteiger partial charge on any atom is 0.203 e. The lowest BCUT2D eigenvalue weighted by Gasteiger charge is -2.24. The Morgan fingerprint density at radius 3 is 1.94 bits per heavy atom. The van der Waals surface area contributed by atoms with Crippen LogP contribution in [0.15, 0.2) is 12.1 Å². The van der Waals surface area contributed by atoms with E-state index in [1.807, 2.05) is 0 Å². The minimum atomic E-state index is 0.160. The summed E-state index contributed by atoms with van der Waals surface area (Å²) in [5.41, 5.74) is 0.634. The molecule has 0 spiro atoms. The SMILES string of the molecule is COc1cc(C(=O)C2CCC2)cc(OC)c1OC. The van der Waals surface area contributed by atoms with Crippen LogP contribution in [0.1, 0.15) is 29.6 Å². The van der Waals surface area contributed by atoms with Crippen LogP contribution < -0.4 is 14.2 Å². The number of rotatable bonds is 5. The molecule has 1 fully saturated rings. The molecule has 0 radical (unpaired) electrons. The molecule has 18 heavy (non-hydrogen) atoms. The third kappa shape index (κ3) is 2.15. The van der Waals surface area contributed by atoms with E-state index >= 15 is 0 Å².